The van der Waals surface area contributed by atoms with Gasteiger partial charge in [0.1, 0.15) is 0 Å². The van der Waals surface area contributed by atoms with E-state index < -0.39 is 0 Å². The van der Waals surface area contributed by atoms with Gasteiger partial charge in [0.15, 0.2) is 0 Å². The Hall–Kier alpha value is -1.55. The topological polar surface area (TPSA) is 55.6 Å². The lowest BCUT2D eigenvalue weighted by Gasteiger charge is -2.13. The molecule has 0 bridgehead atoms. The van der Waals surface area contributed by atoms with E-state index in [-0.39, 0.29) is 12.1 Å². The fourth-order valence-electron chi connectivity index (χ4n) is 2.49. The van der Waals surface area contributed by atoms with Gasteiger partial charge in [0, 0.05) is 13.1 Å². The first-order chi connectivity index (χ1) is 9.02. The van der Waals surface area contributed by atoms with Gasteiger partial charge in [0.05, 0.1) is 17.4 Å². The second kappa shape index (κ2) is 5.61. The predicted octanol–water partition coefficient (Wildman–Crippen LogP) is 2.56. The third-order valence-corrected chi connectivity index (χ3v) is 3.33. The molecule has 1 aromatic carbocycles. The van der Waals surface area contributed by atoms with E-state index in [0.29, 0.717) is 11.3 Å². The molecule has 104 valence electrons. The monoisotopic (exact) mass is 262 g/mol. The van der Waals surface area contributed by atoms with Crippen molar-refractivity contribution in [2.24, 2.45) is 0 Å². The van der Waals surface area contributed by atoms with Crippen molar-refractivity contribution in [1.29, 1.82) is 0 Å². The zero-order chi connectivity index (χ0) is 14.0. The Balaban J connectivity index is 2.23. The molecule has 2 rings (SSSR count). The van der Waals surface area contributed by atoms with E-state index in [9.17, 15) is 4.79 Å². The fraction of sp³-hybridized carbons (Fsp3) is 0.533. The van der Waals surface area contributed by atoms with Crippen LogP contribution in [0.25, 0.3) is 0 Å². The van der Waals surface area contributed by atoms with Gasteiger partial charge in [0.25, 0.3) is 0 Å². The van der Waals surface area contributed by atoms with Crippen LogP contribution in [-0.4, -0.2) is 23.5 Å². The number of nitrogens with zero attached hydrogens (tertiary/aromatic N) is 1. The van der Waals surface area contributed by atoms with Crippen LogP contribution in [0.15, 0.2) is 12.1 Å². The highest BCUT2D eigenvalue weighted by atomic mass is 16.5. The summed E-state index contributed by atoms with van der Waals surface area (Å²) in [6, 6.07) is 3.78. The maximum Gasteiger partial charge on any atom is 0.340 e. The van der Waals surface area contributed by atoms with E-state index in [2.05, 4.69) is 11.8 Å². The number of rotatable bonds is 4. The molecule has 0 fully saturated rings. The maximum atomic E-state index is 12.0. The summed E-state index contributed by atoms with van der Waals surface area (Å²) in [5.74, 6) is -0.329. The van der Waals surface area contributed by atoms with Crippen LogP contribution < -0.4 is 5.73 Å². The van der Waals surface area contributed by atoms with E-state index in [1.54, 1.807) is 6.07 Å². The average Bonchev–Trinajstić information content (AvgIpc) is 2.72. The van der Waals surface area contributed by atoms with Crippen LogP contribution in [0.5, 0.6) is 0 Å². The molecule has 0 amide bonds. The summed E-state index contributed by atoms with van der Waals surface area (Å²) in [7, 11) is 0. The summed E-state index contributed by atoms with van der Waals surface area (Å²) < 4.78 is 5.22. The summed E-state index contributed by atoms with van der Waals surface area (Å²) in [5.41, 5.74) is 9.54. The molecule has 4 heteroatoms. The normalized spacial score (nSPS) is 14.7. The Bertz CT molecular complexity index is 483. The van der Waals surface area contributed by atoms with Crippen LogP contribution >= 0.6 is 0 Å². The molecule has 0 saturated heterocycles. The molecule has 0 atom stereocenters. The van der Waals surface area contributed by atoms with Gasteiger partial charge < -0.3 is 10.5 Å². The van der Waals surface area contributed by atoms with Crippen molar-refractivity contribution < 1.29 is 9.53 Å². The number of benzene rings is 1. The van der Waals surface area contributed by atoms with Gasteiger partial charge in [-0.2, -0.15) is 0 Å². The molecule has 0 spiro atoms. The molecule has 4 nitrogen and oxygen atoms in total. The first-order valence-corrected chi connectivity index (χ1v) is 6.86. The van der Waals surface area contributed by atoms with Crippen molar-refractivity contribution in [3.63, 3.8) is 0 Å². The van der Waals surface area contributed by atoms with Crippen LogP contribution in [0.2, 0.25) is 0 Å². The Morgan fingerprint density at radius 3 is 2.79 bits per heavy atom. The number of hydrogen-bond donors (Lipinski definition) is 1. The molecule has 1 aliphatic rings. The Morgan fingerprint density at radius 1 is 1.42 bits per heavy atom. The van der Waals surface area contributed by atoms with Gasteiger partial charge in [-0.25, -0.2) is 4.79 Å². The van der Waals surface area contributed by atoms with E-state index in [1.807, 2.05) is 19.9 Å². The standard InChI is InChI=1S/C15H22N2O2/c1-4-7-17-8-11-5-6-12(14(16)13(11)9-17)15(18)19-10(2)3/h5-6,10H,4,7-9,16H2,1-3H3. The minimum Gasteiger partial charge on any atom is -0.459 e. The van der Waals surface area contributed by atoms with Gasteiger partial charge in [0.2, 0.25) is 0 Å². The molecular weight excluding hydrogens is 240 g/mol. The number of nitrogens with two attached hydrogens (primary N) is 1. The molecule has 0 unspecified atom stereocenters. The van der Waals surface area contributed by atoms with Crippen molar-refractivity contribution in [1.82, 2.24) is 4.90 Å². The van der Waals surface area contributed by atoms with Crippen LogP contribution in [0.1, 0.15) is 48.7 Å². The first kappa shape index (κ1) is 13.9. The second-order valence-corrected chi connectivity index (χ2v) is 5.33. The van der Waals surface area contributed by atoms with Gasteiger partial charge in [-0.1, -0.05) is 13.0 Å². The lowest BCUT2D eigenvalue weighted by molar-refractivity contribution is 0.0379. The van der Waals surface area contributed by atoms with Gasteiger partial charge in [-0.3, -0.25) is 4.90 Å². The SMILES string of the molecule is CCCN1Cc2ccc(C(=O)OC(C)C)c(N)c2C1. The van der Waals surface area contributed by atoms with E-state index in [4.69, 9.17) is 10.5 Å². The molecule has 1 heterocycles. The highest BCUT2D eigenvalue weighted by Crippen LogP contribution is 2.30. The van der Waals surface area contributed by atoms with Crippen molar-refractivity contribution in [2.45, 2.75) is 46.4 Å². The molecular formula is C15H22N2O2. The summed E-state index contributed by atoms with van der Waals surface area (Å²) in [4.78, 5) is 14.3. The molecule has 19 heavy (non-hydrogen) atoms. The minimum absolute atomic E-state index is 0.128. The van der Waals surface area contributed by atoms with Crippen LogP contribution in [0, 0.1) is 0 Å². The van der Waals surface area contributed by atoms with Gasteiger partial charge in [-0.15, -0.1) is 0 Å². The number of fused-ring (bicyclic) bond motifs is 1. The quantitative estimate of drug-likeness (QED) is 0.669. The Morgan fingerprint density at radius 2 is 2.16 bits per heavy atom. The number of esters is 1. The molecule has 1 aromatic rings. The number of anilines is 1. The van der Waals surface area contributed by atoms with E-state index in [1.165, 1.54) is 5.56 Å². The highest BCUT2D eigenvalue weighted by molar-refractivity contribution is 5.96. The lowest BCUT2D eigenvalue weighted by atomic mass is 10.0. The zero-order valence-electron chi connectivity index (χ0n) is 11.9. The summed E-state index contributed by atoms with van der Waals surface area (Å²) in [6.45, 7) is 8.65. The van der Waals surface area contributed by atoms with Crippen LogP contribution in [0.3, 0.4) is 0 Å². The zero-order valence-corrected chi connectivity index (χ0v) is 11.9. The highest BCUT2D eigenvalue weighted by Gasteiger charge is 2.24. The summed E-state index contributed by atoms with van der Waals surface area (Å²) in [5, 5.41) is 0. The predicted molar refractivity (Wildman–Crippen MR) is 75.8 cm³/mol. The van der Waals surface area contributed by atoms with Gasteiger partial charge >= 0.3 is 5.97 Å². The largest absolute Gasteiger partial charge is 0.459 e. The van der Waals surface area contributed by atoms with Gasteiger partial charge in [-0.05, 0) is 44.0 Å². The Labute approximate surface area is 114 Å². The fourth-order valence-corrected chi connectivity index (χ4v) is 2.49. The summed E-state index contributed by atoms with van der Waals surface area (Å²) in [6.07, 6.45) is 0.993. The maximum absolute atomic E-state index is 12.0. The van der Waals surface area contributed by atoms with E-state index in [0.717, 1.165) is 31.6 Å². The number of nitrogen functional groups attached to an aromatic ring is 1. The summed E-state index contributed by atoms with van der Waals surface area (Å²) >= 11 is 0. The van der Waals surface area contributed by atoms with Crippen molar-refractivity contribution in [2.75, 3.05) is 12.3 Å². The molecule has 0 radical (unpaired) electrons. The smallest absolute Gasteiger partial charge is 0.340 e. The minimum atomic E-state index is -0.329. The lowest BCUT2D eigenvalue weighted by Crippen LogP contribution is -2.17. The molecule has 0 aromatic heterocycles. The number of carbonyl (C=O) groups excluding carboxylic acids is 1. The molecule has 2 N–H and O–H groups in total. The second-order valence-electron chi connectivity index (χ2n) is 5.33. The van der Waals surface area contributed by atoms with Crippen molar-refractivity contribution in [3.05, 3.63) is 28.8 Å². The van der Waals surface area contributed by atoms with Crippen LogP contribution in [0.4, 0.5) is 5.69 Å². The molecule has 1 aliphatic heterocycles. The van der Waals surface area contributed by atoms with Crippen LogP contribution in [-0.2, 0) is 17.8 Å². The third kappa shape index (κ3) is 2.89. The van der Waals surface area contributed by atoms with Crippen molar-refractivity contribution >= 4 is 11.7 Å². The third-order valence-electron chi connectivity index (χ3n) is 3.33. The molecule has 0 saturated carbocycles. The molecule has 0 aliphatic carbocycles. The first-order valence-electron chi connectivity index (χ1n) is 6.86. The number of ether oxygens (including phenoxy) is 1. The number of carbonyl (C=O) groups is 1. The Kier molecular flexibility index (Phi) is 4.10. The average molecular weight is 262 g/mol. The van der Waals surface area contributed by atoms with E-state index >= 15 is 0 Å². The number of hydrogen-bond acceptors (Lipinski definition) is 4. The van der Waals surface area contributed by atoms with Crippen molar-refractivity contribution in [3.8, 4) is 0 Å².